The lowest BCUT2D eigenvalue weighted by molar-refractivity contribution is 0.616. The molecule has 0 fully saturated rings. The van der Waals surface area contributed by atoms with Crippen LogP contribution in [0.2, 0.25) is 0 Å². The van der Waals surface area contributed by atoms with Gasteiger partial charge in [-0.3, -0.25) is 0 Å². The molecular weight excluding hydrogens is 555 g/mol. The van der Waals surface area contributed by atoms with Gasteiger partial charge in [0.05, 0.1) is 17.1 Å². The fraction of sp³-hybridized carbons (Fsp3) is 0.0244. The highest BCUT2D eigenvalue weighted by Gasteiger charge is 2.37. The fourth-order valence-electron chi connectivity index (χ4n) is 6.94. The third-order valence-electron chi connectivity index (χ3n) is 8.92. The van der Waals surface area contributed by atoms with Crippen LogP contribution in [0.5, 0.6) is 0 Å². The molecule has 0 aliphatic carbocycles. The van der Waals surface area contributed by atoms with Gasteiger partial charge < -0.3 is 14.6 Å². The zero-order valence-corrected chi connectivity index (χ0v) is 24.2. The molecule has 9 rings (SSSR count). The van der Waals surface area contributed by atoms with Crippen molar-refractivity contribution < 1.29 is 8.81 Å². The Morgan fingerprint density at radius 1 is 0.556 bits per heavy atom. The first-order valence-corrected chi connectivity index (χ1v) is 15.2. The molecule has 8 aromatic rings. The summed E-state index contributed by atoms with van der Waals surface area (Å²) in [6.07, 6.45) is -0.313. The van der Waals surface area contributed by atoms with E-state index in [1.54, 1.807) is 6.07 Å². The molecule has 0 bridgehead atoms. The summed E-state index contributed by atoms with van der Waals surface area (Å²) in [4.78, 5) is 2.45. The van der Waals surface area contributed by atoms with Gasteiger partial charge in [-0.05, 0) is 34.7 Å². The number of para-hydroxylation sites is 2. The number of benzene rings is 7. The van der Waals surface area contributed by atoms with Crippen LogP contribution < -0.4 is 10.2 Å². The van der Waals surface area contributed by atoms with Gasteiger partial charge in [0.25, 0.3) is 0 Å². The number of nitrogens with zero attached hydrogens (tertiary/aromatic N) is 1. The van der Waals surface area contributed by atoms with Crippen molar-refractivity contribution in [2.24, 2.45) is 0 Å². The summed E-state index contributed by atoms with van der Waals surface area (Å²) in [5, 5.41) is 8.07. The van der Waals surface area contributed by atoms with Crippen molar-refractivity contribution in [3.8, 4) is 22.3 Å². The molecule has 1 N–H and O–H groups in total. The third-order valence-corrected chi connectivity index (χ3v) is 8.92. The van der Waals surface area contributed by atoms with E-state index in [2.05, 4.69) is 144 Å². The average Bonchev–Trinajstić information content (AvgIpc) is 3.67. The quantitative estimate of drug-likeness (QED) is 0.224. The van der Waals surface area contributed by atoms with E-state index in [9.17, 15) is 4.39 Å². The number of hydrogen-bond acceptors (Lipinski definition) is 3. The van der Waals surface area contributed by atoms with Crippen LogP contribution in [-0.4, -0.2) is 0 Å². The first-order valence-electron chi connectivity index (χ1n) is 15.2. The van der Waals surface area contributed by atoms with E-state index >= 15 is 0 Å². The Bertz CT molecular complexity index is 2320. The van der Waals surface area contributed by atoms with Crippen molar-refractivity contribution in [1.82, 2.24) is 0 Å². The van der Waals surface area contributed by atoms with Crippen molar-refractivity contribution in [3.63, 3.8) is 0 Å². The minimum Gasteiger partial charge on any atom is -0.456 e. The van der Waals surface area contributed by atoms with E-state index in [1.807, 2.05) is 0 Å². The van der Waals surface area contributed by atoms with Crippen molar-refractivity contribution in [2.45, 2.75) is 6.17 Å². The first-order chi connectivity index (χ1) is 22.2. The highest BCUT2D eigenvalue weighted by molar-refractivity contribution is 6.10. The van der Waals surface area contributed by atoms with Crippen molar-refractivity contribution in [1.29, 1.82) is 0 Å². The Hall–Kier alpha value is -5.87. The molecule has 45 heavy (non-hydrogen) atoms. The molecule has 0 spiro atoms. The molecule has 1 aromatic heterocycles. The summed E-state index contributed by atoms with van der Waals surface area (Å²) in [6, 6.07) is 51.6. The Labute approximate surface area is 259 Å². The van der Waals surface area contributed by atoms with Gasteiger partial charge in [-0.2, -0.15) is 0 Å². The second-order valence-electron chi connectivity index (χ2n) is 11.5. The number of nitrogens with one attached hydrogen (secondary N) is 1. The molecule has 0 saturated carbocycles. The standard InChI is InChI=1S/C41H27FN2O/c42-29-22-23-33-34-19-10-20-35(40(34)45-37(33)25-29)41-43-36-24-21-28-15-7-8-16-32(28)39(36)44(41)38-30(26-11-3-1-4-12-26)17-9-18-31(38)27-13-5-2-6-14-27/h1-25,41,43H. The average molecular weight is 583 g/mol. The van der Waals surface area contributed by atoms with Crippen LogP contribution in [0.25, 0.3) is 55.0 Å². The molecule has 1 unspecified atom stereocenters. The zero-order valence-electron chi connectivity index (χ0n) is 24.2. The Kier molecular flexibility index (Phi) is 5.75. The van der Waals surface area contributed by atoms with E-state index in [4.69, 9.17) is 4.42 Å². The van der Waals surface area contributed by atoms with E-state index < -0.39 is 0 Å². The molecule has 214 valence electrons. The number of hydrogen-bond donors (Lipinski definition) is 1. The number of rotatable bonds is 4. The van der Waals surface area contributed by atoms with Gasteiger partial charge in [-0.15, -0.1) is 0 Å². The molecule has 2 heterocycles. The minimum atomic E-state index is -0.313. The van der Waals surface area contributed by atoms with Crippen LogP contribution in [0.15, 0.2) is 156 Å². The maximum absolute atomic E-state index is 14.3. The van der Waals surface area contributed by atoms with Crippen molar-refractivity contribution in [2.75, 3.05) is 10.2 Å². The largest absolute Gasteiger partial charge is 0.456 e. The van der Waals surface area contributed by atoms with Gasteiger partial charge in [0.1, 0.15) is 23.1 Å². The van der Waals surface area contributed by atoms with Gasteiger partial charge in [0.2, 0.25) is 0 Å². The van der Waals surface area contributed by atoms with Crippen LogP contribution in [-0.2, 0) is 0 Å². The molecule has 0 radical (unpaired) electrons. The molecule has 0 saturated heterocycles. The van der Waals surface area contributed by atoms with Gasteiger partial charge >= 0.3 is 0 Å². The number of halogens is 1. The lowest BCUT2D eigenvalue weighted by atomic mass is 9.93. The van der Waals surface area contributed by atoms with Crippen LogP contribution in [0.1, 0.15) is 11.7 Å². The number of furan rings is 1. The Morgan fingerprint density at radius 3 is 1.98 bits per heavy atom. The van der Waals surface area contributed by atoms with E-state index in [-0.39, 0.29) is 12.0 Å². The molecule has 4 heteroatoms. The molecular formula is C41H27FN2O. The van der Waals surface area contributed by atoms with Crippen LogP contribution >= 0.6 is 0 Å². The summed E-state index contributed by atoms with van der Waals surface area (Å²) >= 11 is 0. The van der Waals surface area contributed by atoms with Gasteiger partial charge in [-0.1, -0.05) is 127 Å². The van der Waals surface area contributed by atoms with Gasteiger partial charge in [0, 0.05) is 38.9 Å². The predicted molar refractivity (Wildman–Crippen MR) is 183 cm³/mol. The molecule has 0 amide bonds. The molecule has 1 aliphatic rings. The Morgan fingerprint density at radius 2 is 1.22 bits per heavy atom. The second kappa shape index (κ2) is 10.1. The SMILES string of the molecule is Fc1ccc2c(c1)oc1c(C3Nc4ccc5ccccc5c4N3c3c(-c4ccccc4)cccc3-c3ccccc3)cccc12. The number of fused-ring (bicyclic) bond motifs is 6. The zero-order chi connectivity index (χ0) is 29.9. The summed E-state index contributed by atoms with van der Waals surface area (Å²) in [5.74, 6) is -0.313. The smallest absolute Gasteiger partial charge is 0.142 e. The maximum atomic E-state index is 14.3. The topological polar surface area (TPSA) is 28.4 Å². The Balaban J connectivity index is 1.39. The van der Waals surface area contributed by atoms with Crippen LogP contribution in [0.3, 0.4) is 0 Å². The molecule has 1 atom stereocenters. The third kappa shape index (κ3) is 4.03. The summed E-state index contributed by atoms with van der Waals surface area (Å²) < 4.78 is 20.8. The molecule has 7 aromatic carbocycles. The lowest BCUT2D eigenvalue weighted by Gasteiger charge is -2.32. The van der Waals surface area contributed by atoms with Gasteiger partial charge in [0.15, 0.2) is 0 Å². The highest BCUT2D eigenvalue weighted by Crippen LogP contribution is 2.55. The van der Waals surface area contributed by atoms with Crippen LogP contribution in [0.4, 0.5) is 21.5 Å². The van der Waals surface area contributed by atoms with Crippen molar-refractivity contribution >= 4 is 49.8 Å². The van der Waals surface area contributed by atoms with Crippen LogP contribution in [0, 0.1) is 5.82 Å². The van der Waals surface area contributed by atoms with Gasteiger partial charge in [-0.25, -0.2) is 4.39 Å². The summed E-state index contributed by atoms with van der Waals surface area (Å²) in [7, 11) is 0. The number of anilines is 3. The predicted octanol–water partition coefficient (Wildman–Crippen LogP) is 11.5. The molecule has 3 nitrogen and oxygen atoms in total. The molecule has 1 aliphatic heterocycles. The normalized spacial score (nSPS) is 14.2. The minimum absolute atomic E-state index is 0.313. The first kappa shape index (κ1) is 25.6. The summed E-state index contributed by atoms with van der Waals surface area (Å²) in [5.41, 5.74) is 10.0. The summed E-state index contributed by atoms with van der Waals surface area (Å²) in [6.45, 7) is 0. The van der Waals surface area contributed by atoms with E-state index in [0.29, 0.717) is 5.58 Å². The van der Waals surface area contributed by atoms with E-state index in [0.717, 1.165) is 66.6 Å². The lowest BCUT2D eigenvalue weighted by Crippen LogP contribution is -2.25. The fourth-order valence-corrected chi connectivity index (χ4v) is 6.94. The van der Waals surface area contributed by atoms with Crippen molar-refractivity contribution in [3.05, 3.63) is 163 Å². The van der Waals surface area contributed by atoms with E-state index in [1.165, 1.54) is 17.5 Å². The monoisotopic (exact) mass is 582 g/mol. The highest BCUT2D eigenvalue weighted by atomic mass is 19.1. The maximum Gasteiger partial charge on any atom is 0.142 e. The second-order valence-corrected chi connectivity index (χ2v) is 11.5.